The summed E-state index contributed by atoms with van der Waals surface area (Å²) in [6, 6.07) is 4.65. The molecule has 10 heteroatoms. The van der Waals surface area contributed by atoms with E-state index in [1.54, 1.807) is 33.8 Å². The minimum atomic E-state index is -1.60. The lowest BCUT2D eigenvalue weighted by Crippen LogP contribution is -2.53. The molecule has 0 saturated carbocycles. The maximum absolute atomic E-state index is 12.8. The van der Waals surface area contributed by atoms with E-state index in [2.05, 4.69) is 0 Å². The Balaban J connectivity index is 3.29. The van der Waals surface area contributed by atoms with Crippen molar-refractivity contribution in [3.05, 3.63) is 23.8 Å². The minimum Gasteiger partial charge on any atom is -0.468 e. The molecule has 0 aliphatic carbocycles. The smallest absolute Gasteiger partial charge is 0.468 e. The SMILES string of the molecule is CCC[C@H](C)OC(=O)O[C@@H](C)CC(N)(Cc1ccc(OC(=O)C(C)C(C)C)c(OC(=O)C(C)C(C)C)c1)C(=O)OC. The Morgan fingerprint density at radius 1 is 0.805 bits per heavy atom. The molecule has 0 saturated heterocycles. The molecular weight excluding hydrogens is 530 g/mol. The highest BCUT2D eigenvalue weighted by molar-refractivity contribution is 5.81. The summed E-state index contributed by atoms with van der Waals surface area (Å²) in [6.45, 7) is 16.5. The average Bonchev–Trinajstić information content (AvgIpc) is 2.87. The monoisotopic (exact) mass is 579 g/mol. The van der Waals surface area contributed by atoms with Crippen molar-refractivity contribution in [1.29, 1.82) is 0 Å². The van der Waals surface area contributed by atoms with E-state index in [0.717, 1.165) is 6.42 Å². The predicted molar refractivity (Wildman–Crippen MR) is 154 cm³/mol. The molecule has 3 unspecified atom stereocenters. The van der Waals surface area contributed by atoms with Crippen LogP contribution < -0.4 is 15.2 Å². The number of methoxy groups -OCH3 is 1. The molecule has 1 rings (SSSR count). The van der Waals surface area contributed by atoms with Gasteiger partial charge in [0.05, 0.1) is 18.9 Å². The normalized spacial score (nSPS) is 15.7. The first-order valence-electron chi connectivity index (χ1n) is 14.3. The Morgan fingerprint density at radius 3 is 1.80 bits per heavy atom. The van der Waals surface area contributed by atoms with E-state index in [1.165, 1.54) is 19.2 Å². The molecule has 0 aliphatic rings. The third kappa shape index (κ3) is 11.3. The maximum atomic E-state index is 12.8. The second-order valence-electron chi connectivity index (χ2n) is 11.6. The van der Waals surface area contributed by atoms with Gasteiger partial charge in [-0.25, -0.2) is 4.79 Å². The number of esters is 3. The summed E-state index contributed by atoms with van der Waals surface area (Å²) in [5, 5.41) is 0. The molecule has 1 aromatic rings. The van der Waals surface area contributed by atoms with Crippen LogP contribution in [0, 0.1) is 23.7 Å². The number of carbonyl (C=O) groups is 4. The number of rotatable bonds is 15. The Kier molecular flexibility index (Phi) is 14.3. The quantitative estimate of drug-likeness (QED) is 0.206. The molecule has 0 aromatic heterocycles. The zero-order valence-electron chi connectivity index (χ0n) is 26.3. The molecule has 10 nitrogen and oxygen atoms in total. The highest BCUT2D eigenvalue weighted by Gasteiger charge is 2.39. The molecule has 0 radical (unpaired) electrons. The van der Waals surface area contributed by atoms with Gasteiger partial charge in [0, 0.05) is 12.8 Å². The summed E-state index contributed by atoms with van der Waals surface area (Å²) in [7, 11) is 1.22. The van der Waals surface area contributed by atoms with Gasteiger partial charge in [0.1, 0.15) is 17.7 Å². The van der Waals surface area contributed by atoms with Gasteiger partial charge in [-0.2, -0.15) is 0 Å². The number of ether oxygens (including phenoxy) is 5. The first-order chi connectivity index (χ1) is 19.0. The van der Waals surface area contributed by atoms with Crippen molar-refractivity contribution in [3.63, 3.8) is 0 Å². The van der Waals surface area contributed by atoms with Crippen molar-refractivity contribution >= 4 is 24.1 Å². The van der Waals surface area contributed by atoms with E-state index >= 15 is 0 Å². The number of benzene rings is 1. The van der Waals surface area contributed by atoms with Crippen molar-refractivity contribution in [1.82, 2.24) is 0 Å². The summed E-state index contributed by atoms with van der Waals surface area (Å²) in [5.41, 5.74) is 5.46. The Morgan fingerprint density at radius 2 is 1.32 bits per heavy atom. The Bertz CT molecular complexity index is 1040. The van der Waals surface area contributed by atoms with Crippen LogP contribution in [-0.4, -0.2) is 48.9 Å². The van der Waals surface area contributed by atoms with Gasteiger partial charge in [0.25, 0.3) is 0 Å². The van der Waals surface area contributed by atoms with Crippen LogP contribution in [0.5, 0.6) is 11.5 Å². The van der Waals surface area contributed by atoms with Crippen LogP contribution in [0.25, 0.3) is 0 Å². The van der Waals surface area contributed by atoms with Gasteiger partial charge in [0.15, 0.2) is 11.5 Å². The average molecular weight is 580 g/mol. The molecule has 0 spiro atoms. The van der Waals surface area contributed by atoms with E-state index in [4.69, 9.17) is 29.4 Å². The molecular formula is C31H49NO9. The Labute approximate surface area is 244 Å². The molecule has 0 bridgehead atoms. The lowest BCUT2D eigenvalue weighted by atomic mass is 9.86. The van der Waals surface area contributed by atoms with Crippen LogP contribution in [0.1, 0.15) is 87.1 Å². The fourth-order valence-corrected chi connectivity index (χ4v) is 3.95. The Hall–Kier alpha value is -3.14. The molecule has 232 valence electrons. The second kappa shape index (κ2) is 16.3. The van der Waals surface area contributed by atoms with Gasteiger partial charge in [-0.05, 0) is 49.8 Å². The minimum absolute atomic E-state index is 0.0202. The van der Waals surface area contributed by atoms with Crippen molar-refractivity contribution < 1.29 is 42.9 Å². The van der Waals surface area contributed by atoms with E-state index in [9.17, 15) is 19.2 Å². The number of carbonyl (C=O) groups excluding carboxylic acids is 4. The first kappa shape index (κ1) is 35.9. The van der Waals surface area contributed by atoms with Gasteiger partial charge in [-0.1, -0.05) is 61.0 Å². The van der Waals surface area contributed by atoms with Crippen molar-refractivity contribution in [2.45, 2.75) is 106 Å². The largest absolute Gasteiger partial charge is 0.508 e. The highest BCUT2D eigenvalue weighted by Crippen LogP contribution is 2.33. The molecule has 0 amide bonds. The van der Waals surface area contributed by atoms with Crippen LogP contribution in [0.2, 0.25) is 0 Å². The molecule has 0 aliphatic heterocycles. The predicted octanol–water partition coefficient (Wildman–Crippen LogP) is 5.62. The summed E-state index contributed by atoms with van der Waals surface area (Å²) < 4.78 is 26.9. The number of hydrogen-bond donors (Lipinski definition) is 1. The van der Waals surface area contributed by atoms with Crippen molar-refractivity contribution in [2.24, 2.45) is 29.4 Å². The van der Waals surface area contributed by atoms with E-state index in [-0.39, 0.29) is 48.2 Å². The lowest BCUT2D eigenvalue weighted by molar-refractivity contribution is -0.148. The van der Waals surface area contributed by atoms with Gasteiger partial charge < -0.3 is 29.4 Å². The summed E-state index contributed by atoms with van der Waals surface area (Å²) in [4.78, 5) is 50.5. The van der Waals surface area contributed by atoms with Gasteiger partial charge in [0.2, 0.25) is 0 Å². The third-order valence-electron chi connectivity index (χ3n) is 7.23. The van der Waals surface area contributed by atoms with Crippen LogP contribution in [0.4, 0.5) is 4.79 Å². The van der Waals surface area contributed by atoms with Crippen LogP contribution >= 0.6 is 0 Å². The van der Waals surface area contributed by atoms with Crippen LogP contribution in [0.15, 0.2) is 18.2 Å². The van der Waals surface area contributed by atoms with Crippen LogP contribution in [-0.2, 0) is 35.0 Å². The van der Waals surface area contributed by atoms with Crippen molar-refractivity contribution in [3.8, 4) is 11.5 Å². The summed E-state index contributed by atoms with van der Waals surface area (Å²) >= 11 is 0. The summed E-state index contributed by atoms with van der Waals surface area (Å²) in [6.07, 6.45) is -0.506. The van der Waals surface area contributed by atoms with Gasteiger partial charge in [-0.15, -0.1) is 0 Å². The highest BCUT2D eigenvalue weighted by atomic mass is 16.7. The molecule has 41 heavy (non-hydrogen) atoms. The molecule has 0 heterocycles. The molecule has 5 atom stereocenters. The maximum Gasteiger partial charge on any atom is 0.508 e. The van der Waals surface area contributed by atoms with E-state index in [0.29, 0.717) is 12.0 Å². The topological polar surface area (TPSA) is 140 Å². The third-order valence-corrected chi connectivity index (χ3v) is 7.23. The number of nitrogens with two attached hydrogens (primary N) is 1. The fraction of sp³-hybridized carbons (Fsp3) is 0.677. The fourth-order valence-electron chi connectivity index (χ4n) is 3.95. The van der Waals surface area contributed by atoms with Crippen LogP contribution in [0.3, 0.4) is 0 Å². The van der Waals surface area contributed by atoms with Gasteiger partial charge in [-0.3, -0.25) is 14.4 Å². The molecule has 2 N–H and O–H groups in total. The first-order valence-corrected chi connectivity index (χ1v) is 14.3. The van der Waals surface area contributed by atoms with E-state index < -0.39 is 41.6 Å². The lowest BCUT2D eigenvalue weighted by Gasteiger charge is -2.29. The second-order valence-corrected chi connectivity index (χ2v) is 11.6. The van der Waals surface area contributed by atoms with Gasteiger partial charge >= 0.3 is 24.1 Å². The molecule has 1 aromatic carbocycles. The van der Waals surface area contributed by atoms with E-state index in [1.807, 2.05) is 34.6 Å². The standard InChI is InChI=1S/C31H49NO9/c1-11-12-20(6)38-30(36)39-21(7)16-31(32,29(35)37-10)17-24-13-14-25(40-27(33)22(8)18(2)3)26(15-24)41-28(34)23(9)19(4)5/h13-15,18-23H,11-12,16-17,32H2,1-10H3/t20-,21-,22?,23?,31?/m0/s1. The zero-order chi connectivity index (χ0) is 31.5. The summed E-state index contributed by atoms with van der Waals surface area (Å²) in [5.74, 6) is -2.29. The molecule has 0 fully saturated rings. The van der Waals surface area contributed by atoms with Crippen molar-refractivity contribution in [2.75, 3.05) is 7.11 Å². The number of hydrogen-bond acceptors (Lipinski definition) is 10. The zero-order valence-corrected chi connectivity index (χ0v) is 26.3.